The Labute approximate surface area is 299 Å². The maximum atomic E-state index is 13.0. The molecule has 0 bridgehead atoms. The van der Waals surface area contributed by atoms with Gasteiger partial charge in [0.25, 0.3) is 0 Å². The van der Waals surface area contributed by atoms with E-state index in [0.29, 0.717) is 35.5 Å². The van der Waals surface area contributed by atoms with E-state index >= 15 is 0 Å². The first-order valence-corrected chi connectivity index (χ1v) is 19.4. The molecular formula is C42H60N2O6. The maximum absolute atomic E-state index is 13.0. The van der Waals surface area contributed by atoms with E-state index in [1.54, 1.807) is 0 Å². The highest BCUT2D eigenvalue weighted by molar-refractivity contribution is 5.73. The monoisotopic (exact) mass is 688 g/mol. The molecule has 2 aromatic carbocycles. The van der Waals surface area contributed by atoms with Gasteiger partial charge in [-0.1, -0.05) is 115 Å². The molecule has 2 aliphatic carbocycles. The van der Waals surface area contributed by atoms with Gasteiger partial charge in [0.2, 0.25) is 12.6 Å². The van der Waals surface area contributed by atoms with Crippen molar-refractivity contribution in [3.8, 4) is 0 Å². The summed E-state index contributed by atoms with van der Waals surface area (Å²) in [5, 5.41) is 7.73. The Hall–Kier alpha value is -2.78. The SMILES string of the molecule is CC(C)[C@@H]1CC[C@@H](C)C[C@H]1O[C@H]1OC(=O)C[C@@H]1N[C@@H](c1ccccc1)[C@@H](N[C@H]1CC(=O)O[C@@H]1O[C@@H]1C[C@H](C)CC[C@H]1C(C)C)c1ccccc1. The Kier molecular flexibility index (Phi) is 12.4. The second-order valence-electron chi connectivity index (χ2n) is 16.4. The molecule has 2 aliphatic heterocycles. The number of carbonyl (C=O) groups is 2. The van der Waals surface area contributed by atoms with E-state index in [2.05, 4.69) is 76.4 Å². The lowest BCUT2D eigenvalue weighted by atomic mass is 9.75. The van der Waals surface area contributed by atoms with Crippen molar-refractivity contribution in [3.63, 3.8) is 0 Å². The van der Waals surface area contributed by atoms with Crippen molar-refractivity contribution in [1.82, 2.24) is 10.6 Å². The zero-order valence-electron chi connectivity index (χ0n) is 31.0. The lowest BCUT2D eigenvalue weighted by molar-refractivity contribution is -0.193. The third-order valence-corrected chi connectivity index (χ3v) is 11.9. The molecule has 2 heterocycles. The van der Waals surface area contributed by atoms with Gasteiger partial charge in [0.05, 0.1) is 49.2 Å². The first-order chi connectivity index (χ1) is 24.0. The number of hydrogen-bond donors (Lipinski definition) is 2. The number of ether oxygens (including phenoxy) is 4. The van der Waals surface area contributed by atoms with Crippen LogP contribution in [0.2, 0.25) is 0 Å². The summed E-state index contributed by atoms with van der Waals surface area (Å²) in [5.74, 6) is 2.46. The van der Waals surface area contributed by atoms with Crippen LogP contribution in [0.15, 0.2) is 60.7 Å². The van der Waals surface area contributed by atoms with Gasteiger partial charge < -0.3 is 18.9 Å². The van der Waals surface area contributed by atoms with Crippen LogP contribution in [0.25, 0.3) is 0 Å². The lowest BCUT2D eigenvalue weighted by Gasteiger charge is -2.40. The molecule has 50 heavy (non-hydrogen) atoms. The Morgan fingerprint density at radius 2 is 0.980 bits per heavy atom. The van der Waals surface area contributed by atoms with Crippen molar-refractivity contribution in [2.24, 2.45) is 35.5 Å². The maximum Gasteiger partial charge on any atom is 0.309 e. The van der Waals surface area contributed by atoms with Crippen molar-refractivity contribution < 1.29 is 28.5 Å². The van der Waals surface area contributed by atoms with Gasteiger partial charge in [0, 0.05) is 0 Å². The van der Waals surface area contributed by atoms with Crippen molar-refractivity contribution >= 4 is 11.9 Å². The zero-order chi connectivity index (χ0) is 35.4. The minimum Gasteiger partial charge on any atom is -0.434 e. The number of hydrogen-bond acceptors (Lipinski definition) is 8. The second-order valence-corrected chi connectivity index (χ2v) is 16.4. The fourth-order valence-corrected chi connectivity index (χ4v) is 9.03. The number of esters is 2. The van der Waals surface area contributed by atoms with E-state index in [-0.39, 0.29) is 61.2 Å². The smallest absolute Gasteiger partial charge is 0.309 e. The molecule has 2 saturated carbocycles. The van der Waals surface area contributed by atoms with E-state index in [0.717, 1.165) is 36.8 Å². The standard InChI is InChI=1S/C42H60N2O6/c1-25(2)31-19-17-27(5)21-35(31)47-41-33(23-37(45)49-41)43-39(29-13-9-7-10-14-29)40(30-15-11-8-12-16-30)44-34-24-38(46)50-42(34)48-36-22-28(6)18-20-32(36)26(3)4/h7-16,25-28,31-36,39-44H,17-24H2,1-6H3/t27-,28-,31+,32+,33+,34+,35-,36-,39+,40+,41+,42+/m1/s1. The summed E-state index contributed by atoms with van der Waals surface area (Å²) in [7, 11) is 0. The highest BCUT2D eigenvalue weighted by atomic mass is 16.7. The third-order valence-electron chi connectivity index (χ3n) is 11.9. The minimum atomic E-state index is -0.685. The zero-order valence-corrected chi connectivity index (χ0v) is 31.0. The third kappa shape index (κ3) is 8.98. The van der Waals surface area contributed by atoms with Crippen LogP contribution in [0.3, 0.4) is 0 Å². The number of carbonyl (C=O) groups excluding carboxylic acids is 2. The quantitative estimate of drug-likeness (QED) is 0.205. The van der Waals surface area contributed by atoms with Crippen molar-refractivity contribution in [3.05, 3.63) is 71.8 Å². The normalized spacial score (nSPS) is 34.5. The molecule has 0 spiro atoms. The molecule has 8 heteroatoms. The van der Waals surface area contributed by atoms with E-state index < -0.39 is 12.6 Å². The molecule has 0 amide bonds. The van der Waals surface area contributed by atoms with Crippen LogP contribution in [-0.2, 0) is 28.5 Å². The Balaban J connectivity index is 1.28. The summed E-state index contributed by atoms with van der Waals surface area (Å²) < 4.78 is 25.4. The number of nitrogens with one attached hydrogen (secondary N) is 2. The fourth-order valence-electron chi connectivity index (χ4n) is 9.03. The van der Waals surface area contributed by atoms with Crippen LogP contribution < -0.4 is 10.6 Å². The van der Waals surface area contributed by atoms with E-state index in [9.17, 15) is 9.59 Å². The van der Waals surface area contributed by atoms with Crippen molar-refractivity contribution in [2.75, 3.05) is 0 Å². The Bertz CT molecular complexity index is 1280. The van der Waals surface area contributed by atoms with Crippen LogP contribution in [0, 0.1) is 35.5 Å². The molecule has 2 saturated heterocycles. The minimum absolute atomic E-state index is 0.0360. The van der Waals surface area contributed by atoms with Crippen LogP contribution in [0.1, 0.15) is 116 Å². The van der Waals surface area contributed by atoms with E-state index in [4.69, 9.17) is 18.9 Å². The summed E-state index contributed by atoms with van der Waals surface area (Å²) in [6, 6.07) is 19.4. The highest BCUT2D eigenvalue weighted by Crippen LogP contribution is 2.40. The fraction of sp³-hybridized carbons (Fsp3) is 0.667. The Morgan fingerprint density at radius 3 is 1.34 bits per heavy atom. The van der Waals surface area contributed by atoms with Gasteiger partial charge in [-0.2, -0.15) is 0 Å². The molecule has 6 rings (SSSR count). The molecule has 274 valence electrons. The molecule has 2 aromatic rings. The van der Waals surface area contributed by atoms with Gasteiger partial charge in [-0.3, -0.25) is 20.2 Å². The van der Waals surface area contributed by atoms with Gasteiger partial charge in [0.1, 0.15) is 0 Å². The van der Waals surface area contributed by atoms with Crippen LogP contribution in [0.4, 0.5) is 0 Å². The van der Waals surface area contributed by atoms with Crippen LogP contribution >= 0.6 is 0 Å². The number of rotatable bonds is 13. The van der Waals surface area contributed by atoms with Gasteiger partial charge in [0.15, 0.2) is 0 Å². The topological polar surface area (TPSA) is 95.1 Å². The summed E-state index contributed by atoms with van der Waals surface area (Å²) >= 11 is 0. The summed E-state index contributed by atoms with van der Waals surface area (Å²) in [5.41, 5.74) is 2.11. The van der Waals surface area contributed by atoms with Gasteiger partial charge in [-0.25, -0.2) is 0 Å². The van der Waals surface area contributed by atoms with Gasteiger partial charge in [-0.05, 0) is 72.3 Å². The second kappa shape index (κ2) is 16.7. The molecule has 4 aliphatic rings. The van der Waals surface area contributed by atoms with E-state index in [1.165, 1.54) is 12.8 Å². The molecular weight excluding hydrogens is 628 g/mol. The number of cyclic esters (lactones) is 2. The molecule has 0 radical (unpaired) electrons. The van der Waals surface area contributed by atoms with Crippen molar-refractivity contribution in [2.45, 2.75) is 142 Å². The molecule has 8 nitrogen and oxygen atoms in total. The predicted octanol–water partition coefficient (Wildman–Crippen LogP) is 7.89. The average molecular weight is 689 g/mol. The molecule has 12 atom stereocenters. The van der Waals surface area contributed by atoms with Gasteiger partial charge >= 0.3 is 11.9 Å². The number of benzene rings is 2. The Morgan fingerprint density at radius 1 is 0.600 bits per heavy atom. The molecule has 0 unspecified atom stereocenters. The predicted molar refractivity (Wildman–Crippen MR) is 194 cm³/mol. The molecule has 4 fully saturated rings. The largest absolute Gasteiger partial charge is 0.434 e. The highest BCUT2D eigenvalue weighted by Gasteiger charge is 2.45. The summed E-state index contributed by atoms with van der Waals surface area (Å²) in [6.07, 6.45) is 5.72. The first-order valence-electron chi connectivity index (χ1n) is 19.4. The summed E-state index contributed by atoms with van der Waals surface area (Å²) in [6.45, 7) is 13.6. The average Bonchev–Trinajstić information content (AvgIpc) is 3.62. The molecule has 2 N–H and O–H groups in total. The van der Waals surface area contributed by atoms with Gasteiger partial charge in [-0.15, -0.1) is 0 Å². The summed E-state index contributed by atoms with van der Waals surface area (Å²) in [4.78, 5) is 25.9. The molecule has 0 aromatic heterocycles. The van der Waals surface area contributed by atoms with E-state index in [1.807, 2.05) is 36.4 Å². The lowest BCUT2D eigenvalue weighted by Crippen LogP contribution is -2.50. The van der Waals surface area contributed by atoms with Crippen LogP contribution in [0.5, 0.6) is 0 Å². The van der Waals surface area contributed by atoms with Crippen molar-refractivity contribution in [1.29, 1.82) is 0 Å². The van der Waals surface area contributed by atoms with Crippen LogP contribution in [-0.4, -0.2) is 48.8 Å². The first kappa shape index (κ1) is 37.0.